The van der Waals surface area contributed by atoms with Crippen LogP contribution in [-0.4, -0.2) is 66.9 Å². The Morgan fingerprint density at radius 3 is 1.24 bits per heavy atom. The number of methoxy groups -OCH3 is 3. The first kappa shape index (κ1) is 46.1. The number of rotatable bonds is 5. The number of hydrogen-bond acceptors (Lipinski definition) is 3. The van der Waals surface area contributed by atoms with Gasteiger partial charge < -0.3 is 35.3 Å². The van der Waals surface area contributed by atoms with Crippen molar-refractivity contribution < 1.29 is 59.6 Å². The molecule has 3 aliphatic heterocycles. The number of halogens is 7. The first-order valence-electron chi connectivity index (χ1n) is 14.9. The predicted molar refractivity (Wildman–Crippen MR) is 190 cm³/mol. The first-order valence-corrected chi connectivity index (χ1v) is 24.8. The van der Waals surface area contributed by atoms with Gasteiger partial charge in [-0.2, -0.15) is 29.3 Å². The van der Waals surface area contributed by atoms with Crippen LogP contribution in [0.4, 0.5) is 11.2 Å². The van der Waals surface area contributed by atoms with Gasteiger partial charge in [0, 0.05) is 7.12 Å². The fourth-order valence-corrected chi connectivity index (χ4v) is 12.6. The van der Waals surface area contributed by atoms with E-state index in [1.165, 1.54) is 37.5 Å². The van der Waals surface area contributed by atoms with Gasteiger partial charge in [0.05, 0.1) is 21.3 Å². The van der Waals surface area contributed by atoms with Gasteiger partial charge in [0.15, 0.2) is 7.38 Å². The van der Waals surface area contributed by atoms with Gasteiger partial charge in [-0.1, -0.05) is 50.9 Å². The molecule has 0 aromatic heterocycles. The standard InChI is InChI=1S/C10H13ClOSi.C10H13FOSi.C7H7O.C3H6Cl2Si.CH4.BrH.Cu.2FH.Mg/c2*1-12-9-3-5-10(6-4-9)13(11)7-2-8-13;1-8-7-5-3-2-4-6-7;4-6(5)2-1-3-6;;;;;;/h2*3-6H,2,7-8H2,1H3;3-6H,1H3;1-3H2;1H4;1H;;2*1H;/q;;-1;;;;+2;;;+2/p-3/i;;;;1T;;;;;. The maximum atomic E-state index is 14.0. The van der Waals surface area contributed by atoms with E-state index in [-0.39, 0.29) is 40.0 Å². The van der Waals surface area contributed by atoms with E-state index in [1.54, 1.807) is 21.3 Å². The number of ether oxygens (including phenoxy) is 3. The van der Waals surface area contributed by atoms with Crippen molar-refractivity contribution in [1.82, 2.24) is 0 Å². The third-order valence-electron chi connectivity index (χ3n) is 7.52. The Morgan fingerprint density at radius 2 is 1.00 bits per heavy atom. The van der Waals surface area contributed by atoms with E-state index in [2.05, 4.69) is 18.2 Å². The van der Waals surface area contributed by atoms with E-state index in [4.69, 9.17) is 48.8 Å². The molecule has 3 heterocycles. The van der Waals surface area contributed by atoms with Crippen LogP contribution in [0, 0.1) is 6.07 Å². The molecule has 15 heteroatoms. The molecule has 0 bridgehead atoms. The molecule has 0 unspecified atom stereocenters. The minimum Gasteiger partial charge on any atom is 2.00 e. The molecule has 0 saturated carbocycles. The molecule has 6 rings (SSSR count). The van der Waals surface area contributed by atoms with E-state index >= 15 is 0 Å². The van der Waals surface area contributed by atoms with Crippen molar-refractivity contribution in [3.05, 3.63) is 78.9 Å². The van der Waals surface area contributed by atoms with Crippen molar-refractivity contribution in [2.45, 2.75) is 62.9 Å². The topological polar surface area (TPSA) is 27.7 Å². The second-order valence-corrected chi connectivity index (χ2v) is 27.2. The molecule has 0 radical (unpaired) electrons. The summed E-state index contributed by atoms with van der Waals surface area (Å²) in [7, 11) is 2.25. The second kappa shape index (κ2) is 25.1. The van der Waals surface area contributed by atoms with Crippen molar-refractivity contribution in [2.75, 3.05) is 21.3 Å². The van der Waals surface area contributed by atoms with Crippen molar-refractivity contribution in [3.8, 4) is 17.2 Å². The number of hydrogen-bond donors (Lipinski definition) is 0. The fourth-order valence-electron chi connectivity index (χ4n) is 4.28. The van der Waals surface area contributed by atoms with Gasteiger partial charge in [-0.3, -0.25) is 0 Å². The van der Waals surface area contributed by atoms with Crippen LogP contribution in [0.3, 0.4) is 0 Å². The minimum atomic E-state index is -2.46. The Hall–Kier alpha value is 0.136. The molecule has 46 heavy (non-hydrogen) atoms. The quantitative estimate of drug-likeness (QED) is 0.164. The Bertz CT molecular complexity index is 1130. The van der Waals surface area contributed by atoms with E-state index in [1.807, 2.05) is 60.7 Å². The molecule has 259 valence electrons. The van der Waals surface area contributed by atoms with Crippen molar-refractivity contribution in [3.63, 3.8) is 0 Å². The monoisotopic (exact) mass is 877 g/mol. The zero-order chi connectivity index (χ0) is 33.8. The molecule has 3 aromatic carbocycles. The van der Waals surface area contributed by atoms with Crippen LogP contribution in [0.2, 0.25) is 36.3 Å². The van der Waals surface area contributed by atoms with Crippen molar-refractivity contribution >= 4 is 89.1 Å². The third-order valence-corrected chi connectivity index (χ3v) is 21.1. The summed E-state index contributed by atoms with van der Waals surface area (Å²) in [5.41, 5.74) is 0. The first-order chi connectivity index (χ1) is 21.5. The smallest absolute Gasteiger partial charge is 2.00 e. The maximum Gasteiger partial charge on any atom is 2.00 e. The summed E-state index contributed by atoms with van der Waals surface area (Å²) in [5.74, 6) is 2.60. The normalized spacial score (nSPS) is 16.8. The van der Waals surface area contributed by atoms with Gasteiger partial charge in [0.25, 0.3) is 15.1 Å². The van der Waals surface area contributed by atoms with E-state index < -0.39 is 38.3 Å². The van der Waals surface area contributed by atoms with Gasteiger partial charge in [-0.05, 0) is 70.9 Å². The molecule has 0 spiro atoms. The van der Waals surface area contributed by atoms with Gasteiger partial charge in [-0.25, -0.2) is 0 Å². The van der Waals surface area contributed by atoms with E-state index in [0.717, 1.165) is 53.0 Å². The summed E-state index contributed by atoms with van der Waals surface area (Å²) >= 11 is 16.8. The molecule has 3 saturated heterocycles. The summed E-state index contributed by atoms with van der Waals surface area (Å²) in [6, 6.07) is 32.3. The van der Waals surface area contributed by atoms with Crippen molar-refractivity contribution in [2.24, 2.45) is 0 Å². The SMILES string of the molecule is COc1cc[c-]cc1.COc1ccc([Si]2(Cl)CCC2)cc1.COc1ccc([Si]2(F)CCC2)cc1.Cl[Si]1(Cl)CCC1.[3H]C.[Br-].[F][Cu][F].[Mg+2]. The van der Waals surface area contributed by atoms with Gasteiger partial charge in [0.1, 0.15) is 11.5 Å². The van der Waals surface area contributed by atoms with Crippen LogP contribution in [0.1, 0.15) is 28.0 Å². The predicted octanol–water partition coefficient (Wildman–Crippen LogP) is 6.61. The average Bonchev–Trinajstić information content (AvgIpc) is 3.04. The molecule has 0 amide bonds. The molecule has 0 aliphatic carbocycles. The molecule has 3 aliphatic rings. The van der Waals surface area contributed by atoms with E-state index in [0.29, 0.717) is 0 Å². The Labute approximate surface area is 326 Å². The Balaban J connectivity index is 0. The molecule has 3 aromatic rings. The summed E-state index contributed by atoms with van der Waals surface area (Å²) in [6.45, 7) is -1.51. The molecule has 0 atom stereocenters. The van der Waals surface area contributed by atoms with Crippen LogP contribution < -0.4 is 41.6 Å². The molecular weight excluding hydrogens is 836 g/mol. The Morgan fingerprint density at radius 1 is 0.674 bits per heavy atom. The summed E-state index contributed by atoms with van der Waals surface area (Å²) in [6.07, 6.45) is 3.63. The maximum absolute atomic E-state index is 14.0. The van der Waals surface area contributed by atoms with Gasteiger partial charge in [-0.15, -0.1) is 34.3 Å². The largest absolute Gasteiger partial charge is 2.00 e. The van der Waals surface area contributed by atoms with Crippen LogP contribution in [0.15, 0.2) is 72.8 Å². The molecule has 3 nitrogen and oxygen atoms in total. The van der Waals surface area contributed by atoms with Crippen LogP contribution in [0.5, 0.6) is 17.2 Å². The molecule has 3 fully saturated rings. The second-order valence-electron chi connectivity index (χ2n) is 10.3. The number of benzene rings is 3. The average molecular weight is 881 g/mol. The summed E-state index contributed by atoms with van der Waals surface area (Å²) in [4.78, 5) is 0. The van der Waals surface area contributed by atoms with Crippen LogP contribution in [0.25, 0.3) is 0 Å². The zero-order valence-electron chi connectivity index (χ0n) is 27.7. The fraction of sp³-hybridized carbons (Fsp3) is 0.419. The zero-order valence-corrected chi connectivity index (χ0v) is 35.9. The van der Waals surface area contributed by atoms with Crippen molar-refractivity contribution in [1.29, 1.82) is 0 Å². The van der Waals surface area contributed by atoms with Crippen LogP contribution >= 0.6 is 33.2 Å². The molecular formula is C31H43BrCl3CuF3MgO3Si3. The van der Waals surface area contributed by atoms with Gasteiger partial charge in [0.2, 0.25) is 0 Å². The van der Waals surface area contributed by atoms with E-state index in [9.17, 15) is 11.2 Å². The van der Waals surface area contributed by atoms with Crippen LogP contribution in [-0.2, 0) is 15.9 Å². The minimum absolute atomic E-state index is 0. The Kier molecular flexibility index (Phi) is 25.2. The summed E-state index contributed by atoms with van der Waals surface area (Å²) < 4.78 is 53.8. The third kappa shape index (κ3) is 16.7. The summed E-state index contributed by atoms with van der Waals surface area (Å²) in [5, 5.41) is 2.29. The molecule has 0 N–H and O–H groups in total. The van der Waals surface area contributed by atoms with Gasteiger partial charge >= 0.3 is 46.0 Å².